The summed E-state index contributed by atoms with van der Waals surface area (Å²) in [4.78, 5) is 10.7. The maximum atomic E-state index is 13.3. The third kappa shape index (κ3) is 2.66. The predicted molar refractivity (Wildman–Crippen MR) is 53.5 cm³/mol. The van der Waals surface area contributed by atoms with E-state index < -0.39 is 29.4 Å². The Bertz CT molecular complexity index is 387. The van der Waals surface area contributed by atoms with Crippen LogP contribution in [-0.4, -0.2) is 12.0 Å². The van der Waals surface area contributed by atoms with Gasteiger partial charge >= 0.3 is 0 Å². The largest absolute Gasteiger partial charge is 0.475 e. The summed E-state index contributed by atoms with van der Waals surface area (Å²) >= 11 is 0. The second kappa shape index (κ2) is 4.89. The first kappa shape index (κ1) is 12.4. The molecule has 0 aliphatic heterocycles. The highest BCUT2D eigenvalue weighted by Crippen LogP contribution is 2.24. The Hall–Kier alpha value is -1.69. The second-order valence-electron chi connectivity index (χ2n) is 3.26. The first-order chi connectivity index (χ1) is 7.45. The third-order valence-electron chi connectivity index (χ3n) is 1.99. The molecule has 1 aromatic carbocycles. The van der Waals surface area contributed by atoms with Crippen LogP contribution in [-0.2, 0) is 11.3 Å². The Balaban J connectivity index is 3.01. The van der Waals surface area contributed by atoms with Gasteiger partial charge in [0.15, 0.2) is 23.5 Å². The number of primary amides is 1. The van der Waals surface area contributed by atoms with Crippen LogP contribution in [0, 0.1) is 11.6 Å². The molecule has 0 radical (unpaired) electrons. The number of hydrogen-bond donors (Lipinski definition) is 2. The standard InChI is InChI=1S/C10H12F2N2O2/c1-5(10(14)15)16-9-7(11)2-6(4-13)3-8(9)12/h2-3,5H,4,13H2,1H3,(H2,14,15). The number of nitrogens with two attached hydrogens (primary N) is 2. The molecule has 1 rings (SSSR count). The monoisotopic (exact) mass is 230 g/mol. The maximum absolute atomic E-state index is 13.3. The van der Waals surface area contributed by atoms with Crippen LogP contribution in [0.3, 0.4) is 0 Å². The molecule has 0 saturated carbocycles. The van der Waals surface area contributed by atoms with Crippen LogP contribution in [0.4, 0.5) is 8.78 Å². The fourth-order valence-electron chi connectivity index (χ4n) is 1.08. The summed E-state index contributed by atoms with van der Waals surface area (Å²) in [6.45, 7) is 1.32. The highest BCUT2D eigenvalue weighted by atomic mass is 19.1. The van der Waals surface area contributed by atoms with Crippen molar-refractivity contribution >= 4 is 5.91 Å². The molecule has 4 nitrogen and oxygen atoms in total. The van der Waals surface area contributed by atoms with E-state index in [1.54, 1.807) is 0 Å². The zero-order valence-corrected chi connectivity index (χ0v) is 8.67. The minimum absolute atomic E-state index is 0.0134. The van der Waals surface area contributed by atoms with Gasteiger partial charge in [-0.1, -0.05) is 0 Å². The van der Waals surface area contributed by atoms with Crippen molar-refractivity contribution in [3.8, 4) is 5.75 Å². The van der Waals surface area contributed by atoms with Crippen molar-refractivity contribution in [1.82, 2.24) is 0 Å². The van der Waals surface area contributed by atoms with E-state index >= 15 is 0 Å². The Morgan fingerprint density at radius 2 is 1.94 bits per heavy atom. The molecule has 6 heteroatoms. The lowest BCUT2D eigenvalue weighted by Gasteiger charge is -2.13. The van der Waals surface area contributed by atoms with E-state index in [1.807, 2.05) is 0 Å². The predicted octanol–water partition coefficient (Wildman–Crippen LogP) is 0.676. The Kier molecular flexibility index (Phi) is 3.78. The smallest absolute Gasteiger partial charge is 0.258 e. The lowest BCUT2D eigenvalue weighted by molar-refractivity contribution is -0.124. The fraction of sp³-hybridized carbons (Fsp3) is 0.300. The molecule has 16 heavy (non-hydrogen) atoms. The van der Waals surface area contributed by atoms with Gasteiger partial charge in [0.05, 0.1) is 0 Å². The van der Waals surface area contributed by atoms with E-state index in [0.717, 1.165) is 12.1 Å². The first-order valence-electron chi connectivity index (χ1n) is 4.59. The van der Waals surface area contributed by atoms with Crippen LogP contribution >= 0.6 is 0 Å². The first-order valence-corrected chi connectivity index (χ1v) is 4.59. The molecular formula is C10H12F2N2O2. The molecule has 1 unspecified atom stereocenters. The van der Waals surface area contributed by atoms with Gasteiger partial charge < -0.3 is 16.2 Å². The van der Waals surface area contributed by atoms with Gasteiger partial charge in [-0.3, -0.25) is 4.79 Å². The zero-order valence-electron chi connectivity index (χ0n) is 8.67. The summed E-state index contributed by atoms with van der Waals surface area (Å²) in [6.07, 6.45) is -1.10. The maximum Gasteiger partial charge on any atom is 0.258 e. The number of rotatable bonds is 4. The average Bonchev–Trinajstić information content (AvgIpc) is 2.22. The number of carbonyl (C=O) groups excluding carboxylic acids is 1. The topological polar surface area (TPSA) is 78.3 Å². The summed E-state index contributed by atoms with van der Waals surface area (Å²) in [7, 11) is 0. The summed E-state index contributed by atoms with van der Waals surface area (Å²) in [5, 5.41) is 0. The summed E-state index contributed by atoms with van der Waals surface area (Å²) < 4.78 is 31.5. The van der Waals surface area contributed by atoms with Crippen molar-refractivity contribution in [2.75, 3.05) is 0 Å². The molecule has 0 aliphatic carbocycles. The number of benzene rings is 1. The van der Waals surface area contributed by atoms with Crippen LogP contribution in [0.15, 0.2) is 12.1 Å². The Labute approximate surface area is 91.2 Å². The average molecular weight is 230 g/mol. The summed E-state index contributed by atoms with van der Waals surface area (Å²) in [5.74, 6) is -3.24. The molecule has 0 spiro atoms. The highest BCUT2D eigenvalue weighted by molar-refractivity contribution is 5.78. The fourth-order valence-corrected chi connectivity index (χ4v) is 1.08. The van der Waals surface area contributed by atoms with E-state index in [-0.39, 0.29) is 6.54 Å². The van der Waals surface area contributed by atoms with Gasteiger partial charge in [0.1, 0.15) is 0 Å². The quantitative estimate of drug-likeness (QED) is 0.798. The number of halogens is 2. The minimum atomic E-state index is -1.10. The molecule has 1 aromatic rings. The van der Waals surface area contributed by atoms with Crippen molar-refractivity contribution in [1.29, 1.82) is 0 Å². The van der Waals surface area contributed by atoms with E-state index in [1.165, 1.54) is 6.92 Å². The van der Waals surface area contributed by atoms with E-state index in [9.17, 15) is 13.6 Å². The molecule has 0 heterocycles. The van der Waals surface area contributed by atoms with E-state index in [0.29, 0.717) is 5.56 Å². The normalized spacial score (nSPS) is 12.2. The van der Waals surface area contributed by atoms with Gasteiger partial charge in [0, 0.05) is 6.54 Å². The SMILES string of the molecule is CC(Oc1c(F)cc(CN)cc1F)C(N)=O. The molecule has 1 atom stereocenters. The van der Waals surface area contributed by atoms with Crippen LogP contribution < -0.4 is 16.2 Å². The second-order valence-corrected chi connectivity index (χ2v) is 3.26. The molecule has 1 amide bonds. The molecule has 0 aromatic heterocycles. The highest BCUT2D eigenvalue weighted by Gasteiger charge is 2.18. The number of amides is 1. The van der Waals surface area contributed by atoms with Gasteiger partial charge in [-0.15, -0.1) is 0 Å². The molecule has 0 saturated heterocycles. The number of ether oxygens (including phenoxy) is 1. The van der Waals surface area contributed by atoms with Crippen LogP contribution in [0.1, 0.15) is 12.5 Å². The summed E-state index contributed by atoms with van der Waals surface area (Å²) in [5.41, 5.74) is 10.5. The number of hydrogen-bond acceptors (Lipinski definition) is 3. The zero-order chi connectivity index (χ0) is 12.3. The van der Waals surface area contributed by atoms with Crippen molar-refractivity contribution in [3.05, 3.63) is 29.3 Å². The molecule has 88 valence electrons. The van der Waals surface area contributed by atoms with Crippen LogP contribution in [0.5, 0.6) is 5.75 Å². The minimum Gasteiger partial charge on any atom is -0.475 e. The van der Waals surface area contributed by atoms with Gasteiger partial charge in [0.2, 0.25) is 0 Å². The summed E-state index contributed by atoms with van der Waals surface area (Å²) in [6, 6.07) is 2.10. The lowest BCUT2D eigenvalue weighted by atomic mass is 10.2. The van der Waals surface area contributed by atoms with Gasteiger partial charge in [-0.2, -0.15) is 0 Å². The van der Waals surface area contributed by atoms with Crippen molar-refractivity contribution < 1.29 is 18.3 Å². The molecular weight excluding hydrogens is 218 g/mol. The number of carbonyl (C=O) groups is 1. The molecule has 4 N–H and O–H groups in total. The van der Waals surface area contributed by atoms with Crippen LogP contribution in [0.25, 0.3) is 0 Å². The van der Waals surface area contributed by atoms with Gasteiger partial charge in [-0.25, -0.2) is 8.78 Å². The van der Waals surface area contributed by atoms with E-state index in [2.05, 4.69) is 0 Å². The van der Waals surface area contributed by atoms with Crippen molar-refractivity contribution in [2.24, 2.45) is 11.5 Å². The molecule has 0 bridgehead atoms. The third-order valence-corrected chi connectivity index (χ3v) is 1.99. The Morgan fingerprint density at radius 1 is 1.44 bits per heavy atom. The van der Waals surface area contributed by atoms with Gasteiger partial charge in [-0.05, 0) is 24.6 Å². The van der Waals surface area contributed by atoms with E-state index in [4.69, 9.17) is 16.2 Å². The van der Waals surface area contributed by atoms with Crippen LogP contribution in [0.2, 0.25) is 0 Å². The van der Waals surface area contributed by atoms with Crippen molar-refractivity contribution in [2.45, 2.75) is 19.6 Å². The molecule has 0 aliphatic rings. The van der Waals surface area contributed by atoms with Gasteiger partial charge in [0.25, 0.3) is 5.91 Å². The van der Waals surface area contributed by atoms with Crippen molar-refractivity contribution in [3.63, 3.8) is 0 Å². The lowest BCUT2D eigenvalue weighted by Crippen LogP contribution is -2.31. The Morgan fingerprint density at radius 3 is 2.31 bits per heavy atom. The molecule has 0 fully saturated rings.